The molecule has 0 radical (unpaired) electrons. The average molecular weight is 348 g/mol. The Balaban J connectivity index is 1.58. The third-order valence-electron chi connectivity index (χ3n) is 5.40. The molecule has 0 spiro atoms. The number of furan rings is 1. The van der Waals surface area contributed by atoms with Crippen molar-refractivity contribution in [1.82, 2.24) is 19.7 Å². The molecule has 0 saturated heterocycles. The monoisotopic (exact) mass is 348 g/mol. The zero-order chi connectivity index (χ0) is 17.9. The zero-order valence-electron chi connectivity index (χ0n) is 14.8. The summed E-state index contributed by atoms with van der Waals surface area (Å²) < 4.78 is 7.55. The van der Waals surface area contributed by atoms with Crippen LogP contribution in [0.15, 0.2) is 41.3 Å². The van der Waals surface area contributed by atoms with Gasteiger partial charge in [-0.1, -0.05) is 6.92 Å². The van der Waals surface area contributed by atoms with Gasteiger partial charge in [-0.15, -0.1) is 10.2 Å². The molecule has 1 saturated carbocycles. The summed E-state index contributed by atoms with van der Waals surface area (Å²) in [5.41, 5.74) is 4.98. The number of aliphatic hydroxyl groups is 1. The molecule has 0 amide bonds. The molecule has 3 heterocycles. The Kier molecular flexibility index (Phi) is 3.21. The van der Waals surface area contributed by atoms with Crippen LogP contribution in [-0.4, -0.2) is 30.5 Å². The number of hydrogen-bond donors (Lipinski definition) is 1. The summed E-state index contributed by atoms with van der Waals surface area (Å²) in [5.74, 6) is 0. The summed E-state index contributed by atoms with van der Waals surface area (Å²) in [6.45, 7) is 3.99. The van der Waals surface area contributed by atoms with Crippen LogP contribution in [0.2, 0.25) is 0 Å². The summed E-state index contributed by atoms with van der Waals surface area (Å²) in [6.07, 6.45) is 5.84. The van der Waals surface area contributed by atoms with E-state index in [0.29, 0.717) is 0 Å². The molecule has 5 rings (SSSR count). The van der Waals surface area contributed by atoms with Crippen molar-refractivity contribution in [1.29, 1.82) is 0 Å². The van der Waals surface area contributed by atoms with Crippen LogP contribution in [0.3, 0.4) is 0 Å². The van der Waals surface area contributed by atoms with Crippen LogP contribution in [-0.2, 0) is 6.42 Å². The molecule has 1 aromatic carbocycles. The maximum absolute atomic E-state index is 10.00. The SMILES string of the molecule is CCc1cc2occc2cc1-c1cc2ncn(C3CC(C)(O)C3)c2nn1. The Morgan fingerprint density at radius 2 is 2.12 bits per heavy atom. The lowest BCUT2D eigenvalue weighted by molar-refractivity contribution is -0.0499. The highest BCUT2D eigenvalue weighted by Gasteiger charge is 2.40. The molecule has 0 aliphatic heterocycles. The minimum Gasteiger partial charge on any atom is -0.464 e. The van der Waals surface area contributed by atoms with Crippen molar-refractivity contribution in [3.05, 3.63) is 42.4 Å². The highest BCUT2D eigenvalue weighted by Crippen LogP contribution is 2.42. The lowest BCUT2D eigenvalue weighted by atomic mass is 9.77. The van der Waals surface area contributed by atoms with Gasteiger partial charge in [0, 0.05) is 17.0 Å². The van der Waals surface area contributed by atoms with E-state index in [4.69, 9.17) is 4.42 Å². The first-order chi connectivity index (χ1) is 12.5. The van der Waals surface area contributed by atoms with Gasteiger partial charge in [0.15, 0.2) is 5.65 Å². The van der Waals surface area contributed by atoms with E-state index in [0.717, 1.165) is 52.7 Å². The third-order valence-corrected chi connectivity index (χ3v) is 5.40. The molecule has 6 heteroatoms. The van der Waals surface area contributed by atoms with Crippen molar-refractivity contribution in [2.24, 2.45) is 0 Å². The highest BCUT2D eigenvalue weighted by molar-refractivity contribution is 5.86. The van der Waals surface area contributed by atoms with Crippen LogP contribution in [0, 0.1) is 0 Å². The number of fused-ring (bicyclic) bond motifs is 2. The normalized spacial score (nSPS) is 22.8. The predicted octanol–water partition coefficient (Wildman–Crippen LogP) is 3.89. The topological polar surface area (TPSA) is 77.0 Å². The van der Waals surface area contributed by atoms with Gasteiger partial charge in [0.25, 0.3) is 0 Å². The number of imidazole rings is 1. The lowest BCUT2D eigenvalue weighted by Crippen LogP contribution is -2.41. The third kappa shape index (κ3) is 2.33. The summed E-state index contributed by atoms with van der Waals surface area (Å²) in [7, 11) is 0. The fourth-order valence-electron chi connectivity index (χ4n) is 3.97. The number of nitrogens with zero attached hydrogens (tertiary/aromatic N) is 4. The first kappa shape index (κ1) is 15.5. The summed E-state index contributed by atoms with van der Waals surface area (Å²) in [4.78, 5) is 4.52. The Morgan fingerprint density at radius 1 is 1.27 bits per heavy atom. The van der Waals surface area contributed by atoms with E-state index in [1.165, 1.54) is 5.56 Å². The van der Waals surface area contributed by atoms with Gasteiger partial charge >= 0.3 is 0 Å². The lowest BCUT2D eigenvalue weighted by Gasteiger charge is -2.41. The molecule has 132 valence electrons. The van der Waals surface area contributed by atoms with Crippen molar-refractivity contribution >= 4 is 22.1 Å². The second-order valence-electron chi connectivity index (χ2n) is 7.47. The van der Waals surface area contributed by atoms with Crippen LogP contribution in [0.4, 0.5) is 0 Å². The second-order valence-corrected chi connectivity index (χ2v) is 7.47. The Bertz CT molecular complexity index is 1120. The molecule has 1 fully saturated rings. The molecule has 3 aromatic heterocycles. The van der Waals surface area contributed by atoms with E-state index in [2.05, 4.69) is 34.2 Å². The average Bonchev–Trinajstić information content (AvgIpc) is 3.23. The fourth-order valence-corrected chi connectivity index (χ4v) is 3.97. The highest BCUT2D eigenvalue weighted by atomic mass is 16.3. The molecular formula is C20H20N4O2. The summed E-state index contributed by atoms with van der Waals surface area (Å²) in [6, 6.07) is 8.38. The van der Waals surface area contributed by atoms with E-state index in [-0.39, 0.29) is 6.04 Å². The van der Waals surface area contributed by atoms with Gasteiger partial charge in [-0.3, -0.25) is 0 Å². The number of rotatable bonds is 3. The van der Waals surface area contributed by atoms with Gasteiger partial charge in [0.1, 0.15) is 11.1 Å². The second kappa shape index (κ2) is 5.38. The first-order valence-corrected chi connectivity index (χ1v) is 8.97. The molecule has 4 aromatic rings. The van der Waals surface area contributed by atoms with Gasteiger partial charge in [-0.25, -0.2) is 4.98 Å². The molecule has 1 N–H and O–H groups in total. The summed E-state index contributed by atoms with van der Waals surface area (Å²) in [5, 5.41) is 20.0. The van der Waals surface area contributed by atoms with Crippen molar-refractivity contribution < 1.29 is 9.52 Å². The fraction of sp³-hybridized carbons (Fsp3) is 0.350. The van der Waals surface area contributed by atoms with Crippen molar-refractivity contribution in [3.63, 3.8) is 0 Å². The van der Waals surface area contributed by atoms with Crippen LogP contribution in [0.5, 0.6) is 0 Å². The Labute approximate surface area is 150 Å². The Hall–Kier alpha value is -2.73. The van der Waals surface area contributed by atoms with Crippen LogP contribution >= 0.6 is 0 Å². The van der Waals surface area contributed by atoms with Gasteiger partial charge in [-0.2, -0.15) is 0 Å². The van der Waals surface area contributed by atoms with Crippen LogP contribution in [0.25, 0.3) is 33.4 Å². The molecular weight excluding hydrogens is 328 g/mol. The minimum atomic E-state index is -0.579. The van der Waals surface area contributed by atoms with Crippen molar-refractivity contribution in [3.8, 4) is 11.3 Å². The standard InChI is InChI=1S/C20H20N4O2/c1-3-12-7-18-13(4-5-26-18)6-15(12)16-8-17-19(23-22-16)24(11-21-17)14-9-20(2,25)10-14/h4-8,11,14,25H,3,9-10H2,1-2H3. The van der Waals surface area contributed by atoms with Crippen LogP contribution in [0.1, 0.15) is 38.3 Å². The smallest absolute Gasteiger partial charge is 0.182 e. The molecule has 0 bridgehead atoms. The van der Waals surface area contributed by atoms with E-state index in [9.17, 15) is 5.11 Å². The van der Waals surface area contributed by atoms with Gasteiger partial charge in [0.05, 0.1) is 23.9 Å². The predicted molar refractivity (Wildman–Crippen MR) is 98.8 cm³/mol. The minimum absolute atomic E-state index is 0.239. The van der Waals surface area contributed by atoms with Crippen molar-refractivity contribution in [2.75, 3.05) is 0 Å². The van der Waals surface area contributed by atoms with E-state index >= 15 is 0 Å². The molecule has 1 aliphatic carbocycles. The van der Waals surface area contributed by atoms with E-state index < -0.39 is 5.60 Å². The van der Waals surface area contributed by atoms with Crippen LogP contribution < -0.4 is 0 Å². The zero-order valence-corrected chi connectivity index (χ0v) is 14.8. The number of aryl methyl sites for hydroxylation is 1. The molecule has 0 unspecified atom stereocenters. The largest absolute Gasteiger partial charge is 0.464 e. The van der Waals surface area contributed by atoms with E-state index in [1.54, 1.807) is 6.26 Å². The van der Waals surface area contributed by atoms with Crippen molar-refractivity contribution in [2.45, 2.75) is 44.8 Å². The quantitative estimate of drug-likeness (QED) is 0.608. The molecule has 6 nitrogen and oxygen atoms in total. The molecule has 0 atom stereocenters. The number of benzene rings is 1. The molecule has 26 heavy (non-hydrogen) atoms. The number of aromatic nitrogens is 4. The Morgan fingerprint density at radius 3 is 2.88 bits per heavy atom. The van der Waals surface area contributed by atoms with E-state index in [1.807, 2.05) is 30.0 Å². The van der Waals surface area contributed by atoms with Gasteiger partial charge in [-0.05, 0) is 56.0 Å². The maximum Gasteiger partial charge on any atom is 0.182 e. The maximum atomic E-state index is 10.00. The van der Waals surface area contributed by atoms with Gasteiger partial charge < -0.3 is 14.1 Å². The summed E-state index contributed by atoms with van der Waals surface area (Å²) >= 11 is 0. The number of hydrogen-bond acceptors (Lipinski definition) is 5. The molecule has 1 aliphatic rings. The van der Waals surface area contributed by atoms with Gasteiger partial charge in [0.2, 0.25) is 0 Å². The first-order valence-electron chi connectivity index (χ1n) is 8.97.